The second kappa shape index (κ2) is 6.13. The van der Waals surface area contributed by atoms with Crippen LogP contribution in [0, 0.1) is 19.7 Å². The maximum atomic E-state index is 13.2. The number of nitrogens with zero attached hydrogens (tertiary/aromatic N) is 3. The van der Waals surface area contributed by atoms with Crippen LogP contribution >= 0.6 is 0 Å². The number of rotatable bonds is 5. The standard InChI is InChI=1S/C15H21FN4/c1-5-8-17-11(3)15-12(4)20(19-18-15)14-7-6-13(16)9-10(14)2/h6-7,9,11,17H,5,8H2,1-4H3. The average Bonchev–Trinajstić information content (AvgIpc) is 2.78. The first-order chi connectivity index (χ1) is 9.54. The second-order valence-electron chi connectivity index (χ2n) is 5.08. The number of halogens is 1. The molecule has 0 spiro atoms. The fraction of sp³-hybridized carbons (Fsp3) is 0.467. The van der Waals surface area contributed by atoms with Crippen molar-refractivity contribution in [1.82, 2.24) is 20.3 Å². The molecule has 1 N–H and O–H groups in total. The minimum Gasteiger partial charge on any atom is -0.309 e. The third kappa shape index (κ3) is 2.88. The predicted molar refractivity (Wildman–Crippen MR) is 77.5 cm³/mol. The lowest BCUT2D eigenvalue weighted by Crippen LogP contribution is -2.20. The summed E-state index contributed by atoms with van der Waals surface area (Å²) in [5, 5.41) is 11.9. The van der Waals surface area contributed by atoms with Crippen molar-refractivity contribution in [3.8, 4) is 5.69 Å². The highest BCUT2D eigenvalue weighted by molar-refractivity contribution is 5.41. The molecule has 1 heterocycles. The molecule has 1 atom stereocenters. The van der Waals surface area contributed by atoms with Gasteiger partial charge in [0.1, 0.15) is 11.5 Å². The molecule has 0 aliphatic carbocycles. The topological polar surface area (TPSA) is 42.7 Å². The Bertz CT molecular complexity index is 592. The molecule has 0 aliphatic rings. The van der Waals surface area contributed by atoms with Gasteiger partial charge in [-0.2, -0.15) is 0 Å². The Kier molecular flexibility index (Phi) is 4.49. The van der Waals surface area contributed by atoms with Gasteiger partial charge >= 0.3 is 0 Å². The third-order valence-electron chi connectivity index (χ3n) is 3.43. The number of benzene rings is 1. The molecule has 2 rings (SSSR count). The second-order valence-corrected chi connectivity index (χ2v) is 5.08. The van der Waals surface area contributed by atoms with Crippen molar-refractivity contribution in [2.45, 2.75) is 40.2 Å². The first-order valence-corrected chi connectivity index (χ1v) is 6.96. The summed E-state index contributed by atoms with van der Waals surface area (Å²) in [6.45, 7) is 9.02. The Labute approximate surface area is 119 Å². The van der Waals surface area contributed by atoms with E-state index >= 15 is 0 Å². The highest BCUT2D eigenvalue weighted by Gasteiger charge is 2.16. The van der Waals surface area contributed by atoms with E-state index in [1.807, 2.05) is 13.8 Å². The summed E-state index contributed by atoms with van der Waals surface area (Å²) >= 11 is 0. The van der Waals surface area contributed by atoms with Gasteiger partial charge in [0.2, 0.25) is 0 Å². The molecule has 0 saturated heterocycles. The van der Waals surface area contributed by atoms with Gasteiger partial charge in [-0.05, 0) is 57.5 Å². The number of aromatic nitrogens is 3. The molecule has 20 heavy (non-hydrogen) atoms. The lowest BCUT2D eigenvalue weighted by Gasteiger charge is -2.12. The quantitative estimate of drug-likeness (QED) is 0.912. The van der Waals surface area contributed by atoms with Gasteiger partial charge in [0.25, 0.3) is 0 Å². The van der Waals surface area contributed by atoms with Crippen molar-refractivity contribution in [2.75, 3.05) is 6.54 Å². The smallest absolute Gasteiger partial charge is 0.123 e. The molecule has 0 radical (unpaired) electrons. The molecule has 1 aromatic heterocycles. The minimum absolute atomic E-state index is 0.157. The van der Waals surface area contributed by atoms with Crippen molar-refractivity contribution < 1.29 is 4.39 Å². The van der Waals surface area contributed by atoms with E-state index in [2.05, 4.69) is 29.5 Å². The Morgan fingerprint density at radius 1 is 1.35 bits per heavy atom. The summed E-state index contributed by atoms with van der Waals surface area (Å²) in [5.41, 5.74) is 3.63. The van der Waals surface area contributed by atoms with Crippen molar-refractivity contribution >= 4 is 0 Å². The largest absolute Gasteiger partial charge is 0.309 e. The van der Waals surface area contributed by atoms with Crippen molar-refractivity contribution in [2.24, 2.45) is 0 Å². The molecule has 4 nitrogen and oxygen atoms in total. The number of nitrogens with one attached hydrogen (secondary N) is 1. The Hall–Kier alpha value is -1.75. The van der Waals surface area contributed by atoms with Crippen LogP contribution in [0.3, 0.4) is 0 Å². The van der Waals surface area contributed by atoms with E-state index in [1.54, 1.807) is 10.7 Å². The molecule has 0 aliphatic heterocycles. The van der Waals surface area contributed by atoms with Crippen LogP contribution < -0.4 is 5.32 Å². The van der Waals surface area contributed by atoms with Gasteiger partial charge < -0.3 is 5.32 Å². The predicted octanol–water partition coefficient (Wildman–Crippen LogP) is 3.08. The van der Waals surface area contributed by atoms with Gasteiger partial charge in [-0.15, -0.1) is 5.10 Å². The highest BCUT2D eigenvalue weighted by atomic mass is 19.1. The van der Waals surface area contributed by atoms with Crippen LogP contribution in [0.25, 0.3) is 5.69 Å². The van der Waals surface area contributed by atoms with E-state index in [-0.39, 0.29) is 11.9 Å². The maximum Gasteiger partial charge on any atom is 0.123 e. The molecule has 0 fully saturated rings. The highest BCUT2D eigenvalue weighted by Crippen LogP contribution is 2.20. The van der Waals surface area contributed by atoms with Crippen LogP contribution in [0.15, 0.2) is 18.2 Å². The van der Waals surface area contributed by atoms with Crippen LogP contribution in [0.4, 0.5) is 4.39 Å². The van der Waals surface area contributed by atoms with Gasteiger partial charge in [-0.1, -0.05) is 12.1 Å². The van der Waals surface area contributed by atoms with E-state index in [0.29, 0.717) is 0 Å². The molecular weight excluding hydrogens is 255 g/mol. The van der Waals surface area contributed by atoms with Crippen molar-refractivity contribution in [3.05, 3.63) is 41.0 Å². The summed E-state index contributed by atoms with van der Waals surface area (Å²) in [6, 6.07) is 4.85. The molecule has 1 unspecified atom stereocenters. The van der Waals surface area contributed by atoms with Gasteiger partial charge in [0.05, 0.1) is 17.4 Å². The van der Waals surface area contributed by atoms with Gasteiger partial charge in [-0.3, -0.25) is 0 Å². The van der Waals surface area contributed by atoms with Gasteiger partial charge in [0.15, 0.2) is 0 Å². The van der Waals surface area contributed by atoms with Crippen LogP contribution in [0.1, 0.15) is 43.3 Å². The fourth-order valence-corrected chi connectivity index (χ4v) is 2.28. The van der Waals surface area contributed by atoms with E-state index in [9.17, 15) is 4.39 Å². The fourth-order valence-electron chi connectivity index (χ4n) is 2.28. The van der Waals surface area contributed by atoms with Gasteiger partial charge in [-0.25, -0.2) is 9.07 Å². The van der Waals surface area contributed by atoms with E-state index < -0.39 is 0 Å². The number of aryl methyl sites for hydroxylation is 1. The van der Waals surface area contributed by atoms with Crippen LogP contribution in [0.2, 0.25) is 0 Å². The van der Waals surface area contributed by atoms with Crippen LogP contribution in [0.5, 0.6) is 0 Å². The third-order valence-corrected chi connectivity index (χ3v) is 3.43. The molecule has 0 bridgehead atoms. The minimum atomic E-state index is -0.234. The molecule has 5 heteroatoms. The van der Waals surface area contributed by atoms with Crippen LogP contribution in [-0.2, 0) is 0 Å². The normalized spacial score (nSPS) is 12.7. The SMILES string of the molecule is CCCNC(C)c1nnn(-c2ccc(F)cc2C)c1C. The Morgan fingerprint density at radius 3 is 2.75 bits per heavy atom. The average molecular weight is 276 g/mol. The van der Waals surface area contributed by atoms with E-state index in [4.69, 9.17) is 0 Å². The molecule has 0 saturated carbocycles. The zero-order valence-electron chi connectivity index (χ0n) is 12.4. The monoisotopic (exact) mass is 276 g/mol. The van der Waals surface area contributed by atoms with E-state index in [1.165, 1.54) is 12.1 Å². The maximum absolute atomic E-state index is 13.2. The first-order valence-electron chi connectivity index (χ1n) is 6.96. The molecule has 2 aromatic rings. The molecule has 108 valence electrons. The molecule has 0 amide bonds. The Balaban J connectivity index is 2.33. The summed E-state index contributed by atoms with van der Waals surface area (Å²) in [5.74, 6) is -0.234. The number of hydrogen-bond donors (Lipinski definition) is 1. The summed E-state index contributed by atoms with van der Waals surface area (Å²) in [4.78, 5) is 0. The molecule has 1 aromatic carbocycles. The summed E-state index contributed by atoms with van der Waals surface area (Å²) in [7, 11) is 0. The number of hydrogen-bond acceptors (Lipinski definition) is 3. The van der Waals surface area contributed by atoms with Crippen molar-refractivity contribution in [3.63, 3.8) is 0 Å². The first kappa shape index (κ1) is 14.7. The Morgan fingerprint density at radius 2 is 2.10 bits per heavy atom. The summed E-state index contributed by atoms with van der Waals surface area (Å²) in [6.07, 6.45) is 1.08. The van der Waals surface area contributed by atoms with Crippen LogP contribution in [-0.4, -0.2) is 21.5 Å². The summed E-state index contributed by atoms with van der Waals surface area (Å²) < 4.78 is 15.0. The molecular formula is C15H21FN4. The lowest BCUT2D eigenvalue weighted by atomic mass is 10.1. The zero-order chi connectivity index (χ0) is 14.7. The zero-order valence-corrected chi connectivity index (χ0v) is 12.4. The van der Waals surface area contributed by atoms with Crippen molar-refractivity contribution in [1.29, 1.82) is 0 Å². The van der Waals surface area contributed by atoms with Gasteiger partial charge in [0, 0.05) is 0 Å². The lowest BCUT2D eigenvalue weighted by molar-refractivity contribution is 0.555. The van der Waals surface area contributed by atoms with E-state index in [0.717, 1.165) is 35.6 Å².